The van der Waals surface area contributed by atoms with E-state index in [0.29, 0.717) is 19.0 Å². The summed E-state index contributed by atoms with van der Waals surface area (Å²) in [5.74, 6) is 0.996. The van der Waals surface area contributed by atoms with Gasteiger partial charge in [0.1, 0.15) is 6.61 Å². The first-order valence-electron chi connectivity index (χ1n) is 10.5. The number of rotatable bonds is 5. The summed E-state index contributed by atoms with van der Waals surface area (Å²) in [6.45, 7) is 8.74. The highest BCUT2D eigenvalue weighted by atomic mass is 16.5. The fourth-order valence-electron chi connectivity index (χ4n) is 4.12. The number of hydrogen-bond donors (Lipinski definition) is 1. The molecule has 1 spiro atoms. The molecule has 8 nitrogen and oxygen atoms in total. The van der Waals surface area contributed by atoms with Crippen LogP contribution >= 0.6 is 0 Å². The fourth-order valence-corrected chi connectivity index (χ4v) is 4.12. The lowest BCUT2D eigenvalue weighted by atomic mass is 9.79. The second-order valence-electron chi connectivity index (χ2n) is 8.40. The maximum Gasteiger partial charge on any atom is 0.289 e. The highest BCUT2D eigenvalue weighted by Crippen LogP contribution is 2.36. The number of aromatic nitrogens is 4. The van der Waals surface area contributed by atoms with Crippen LogP contribution in [0.15, 0.2) is 24.4 Å². The number of carbonyl (C=O) groups is 1. The van der Waals surface area contributed by atoms with Crippen LogP contribution in [0.25, 0.3) is 0 Å². The maximum absolute atomic E-state index is 12.7. The van der Waals surface area contributed by atoms with Crippen LogP contribution in [-0.2, 0) is 24.4 Å². The van der Waals surface area contributed by atoms with Crippen LogP contribution in [0.5, 0.6) is 0 Å². The molecule has 0 radical (unpaired) electrons. The minimum absolute atomic E-state index is 0.0135. The van der Waals surface area contributed by atoms with Gasteiger partial charge in [-0.25, -0.2) is 0 Å². The predicted octanol–water partition coefficient (Wildman–Crippen LogP) is 2.01. The van der Waals surface area contributed by atoms with Crippen molar-refractivity contribution >= 4 is 5.91 Å². The average molecular weight is 399 g/mol. The third kappa shape index (κ3) is 4.48. The summed E-state index contributed by atoms with van der Waals surface area (Å²) in [5, 5.41) is 11.4. The van der Waals surface area contributed by atoms with E-state index in [1.54, 1.807) is 0 Å². The van der Waals surface area contributed by atoms with Gasteiger partial charge < -0.3 is 14.6 Å². The van der Waals surface area contributed by atoms with Crippen molar-refractivity contribution in [1.82, 2.24) is 30.0 Å². The van der Waals surface area contributed by atoms with Crippen molar-refractivity contribution in [2.24, 2.45) is 5.41 Å². The Kier molecular flexibility index (Phi) is 5.91. The minimum atomic E-state index is -0.150. The number of pyridine rings is 1. The van der Waals surface area contributed by atoms with Gasteiger partial charge in [-0.3, -0.25) is 14.7 Å². The Morgan fingerprint density at radius 1 is 1.31 bits per heavy atom. The van der Waals surface area contributed by atoms with E-state index in [0.717, 1.165) is 57.0 Å². The molecule has 8 heteroatoms. The monoisotopic (exact) mass is 398 g/mol. The summed E-state index contributed by atoms with van der Waals surface area (Å²) < 4.78 is 7.96. The second kappa shape index (κ2) is 8.59. The highest BCUT2D eigenvalue weighted by molar-refractivity contribution is 5.90. The molecule has 29 heavy (non-hydrogen) atoms. The summed E-state index contributed by atoms with van der Waals surface area (Å²) in [5.41, 5.74) is 1.12. The molecule has 2 aromatic rings. The number of nitrogens with zero attached hydrogens (tertiary/aromatic N) is 5. The average Bonchev–Trinajstić information content (AvgIpc) is 3.04. The first-order chi connectivity index (χ1) is 14.1. The van der Waals surface area contributed by atoms with Gasteiger partial charge in [-0.15, -0.1) is 10.2 Å². The van der Waals surface area contributed by atoms with Crippen LogP contribution < -0.4 is 5.32 Å². The van der Waals surface area contributed by atoms with E-state index in [9.17, 15) is 4.79 Å². The van der Waals surface area contributed by atoms with E-state index < -0.39 is 0 Å². The number of likely N-dealkylation sites (tertiary alicyclic amines) is 1. The van der Waals surface area contributed by atoms with Crippen molar-refractivity contribution in [3.05, 3.63) is 41.7 Å². The molecule has 0 saturated carbocycles. The zero-order valence-electron chi connectivity index (χ0n) is 17.3. The number of ether oxygens (including phenoxy) is 1. The molecule has 1 saturated heterocycles. The molecule has 1 unspecified atom stereocenters. The third-order valence-electron chi connectivity index (χ3n) is 6.18. The lowest BCUT2D eigenvalue weighted by Gasteiger charge is -2.41. The quantitative estimate of drug-likeness (QED) is 0.829. The highest BCUT2D eigenvalue weighted by Gasteiger charge is 2.39. The van der Waals surface area contributed by atoms with Gasteiger partial charge in [-0.1, -0.05) is 13.0 Å². The SMILES string of the molecule is CCC(C)NC(=O)c1nnc2n1CC1(CCN(Cc3ccccn3)CC1)COC2. The normalized spacial score (nSPS) is 20.1. The van der Waals surface area contributed by atoms with Gasteiger partial charge in [0, 0.05) is 30.7 Å². The molecule has 1 fully saturated rings. The molecule has 2 aromatic heterocycles. The molecule has 0 aliphatic carbocycles. The second-order valence-corrected chi connectivity index (χ2v) is 8.40. The topological polar surface area (TPSA) is 85.2 Å². The van der Waals surface area contributed by atoms with E-state index in [-0.39, 0.29) is 17.4 Å². The Morgan fingerprint density at radius 3 is 2.86 bits per heavy atom. The van der Waals surface area contributed by atoms with E-state index >= 15 is 0 Å². The first-order valence-corrected chi connectivity index (χ1v) is 10.5. The summed E-state index contributed by atoms with van der Waals surface area (Å²) in [6, 6.07) is 6.17. The van der Waals surface area contributed by atoms with Crippen molar-refractivity contribution in [2.45, 2.75) is 58.8 Å². The van der Waals surface area contributed by atoms with E-state index in [1.165, 1.54) is 0 Å². The molecule has 2 aliphatic heterocycles. The Morgan fingerprint density at radius 2 is 2.14 bits per heavy atom. The van der Waals surface area contributed by atoms with E-state index in [2.05, 4.69) is 38.4 Å². The Bertz CT molecular complexity index is 829. The molecule has 1 amide bonds. The van der Waals surface area contributed by atoms with Gasteiger partial charge in [0.05, 0.1) is 12.3 Å². The van der Waals surface area contributed by atoms with Gasteiger partial charge in [0.15, 0.2) is 5.82 Å². The zero-order valence-corrected chi connectivity index (χ0v) is 17.3. The maximum atomic E-state index is 12.7. The van der Waals surface area contributed by atoms with Crippen molar-refractivity contribution in [3.8, 4) is 0 Å². The minimum Gasteiger partial charge on any atom is -0.373 e. The summed E-state index contributed by atoms with van der Waals surface area (Å²) >= 11 is 0. The largest absolute Gasteiger partial charge is 0.373 e. The molecule has 2 aliphatic rings. The standard InChI is InChI=1S/C21H30N6O2/c1-3-16(2)23-20(28)19-25-24-18-13-29-15-21(14-27(18)19)7-10-26(11-8-21)12-17-6-4-5-9-22-17/h4-6,9,16H,3,7-8,10-15H2,1-2H3,(H,23,28). The van der Waals surface area contributed by atoms with Gasteiger partial charge in [-0.2, -0.15) is 0 Å². The van der Waals surface area contributed by atoms with Crippen LogP contribution in [0.2, 0.25) is 0 Å². The van der Waals surface area contributed by atoms with Gasteiger partial charge >= 0.3 is 0 Å². The third-order valence-corrected chi connectivity index (χ3v) is 6.18. The number of nitrogens with one attached hydrogen (secondary N) is 1. The van der Waals surface area contributed by atoms with Crippen LogP contribution in [0.4, 0.5) is 0 Å². The van der Waals surface area contributed by atoms with Crippen molar-refractivity contribution in [3.63, 3.8) is 0 Å². The summed E-state index contributed by atoms with van der Waals surface area (Å²) in [4.78, 5) is 19.6. The Labute approximate surface area is 171 Å². The van der Waals surface area contributed by atoms with Crippen LogP contribution in [0.1, 0.15) is 55.2 Å². The van der Waals surface area contributed by atoms with Crippen LogP contribution in [0.3, 0.4) is 0 Å². The lowest BCUT2D eigenvalue weighted by Crippen LogP contribution is -2.44. The summed E-state index contributed by atoms with van der Waals surface area (Å²) in [7, 11) is 0. The fraction of sp³-hybridized carbons (Fsp3) is 0.619. The molecule has 4 heterocycles. The van der Waals surface area contributed by atoms with Crippen LogP contribution in [-0.4, -0.2) is 56.3 Å². The number of amides is 1. The van der Waals surface area contributed by atoms with Crippen molar-refractivity contribution in [1.29, 1.82) is 0 Å². The van der Waals surface area contributed by atoms with Crippen LogP contribution in [0, 0.1) is 5.41 Å². The number of carbonyl (C=O) groups excluding carboxylic acids is 1. The Hall–Kier alpha value is -2.32. The van der Waals surface area contributed by atoms with Gasteiger partial charge in [-0.05, 0) is 51.4 Å². The lowest BCUT2D eigenvalue weighted by molar-refractivity contribution is -0.00591. The predicted molar refractivity (Wildman–Crippen MR) is 108 cm³/mol. The van der Waals surface area contributed by atoms with E-state index in [4.69, 9.17) is 4.74 Å². The van der Waals surface area contributed by atoms with Crippen molar-refractivity contribution < 1.29 is 9.53 Å². The molecular weight excluding hydrogens is 368 g/mol. The van der Waals surface area contributed by atoms with Gasteiger partial charge in [0.25, 0.3) is 5.91 Å². The van der Waals surface area contributed by atoms with Gasteiger partial charge in [0.2, 0.25) is 5.82 Å². The smallest absolute Gasteiger partial charge is 0.289 e. The molecule has 1 atom stereocenters. The molecular formula is C21H30N6O2. The van der Waals surface area contributed by atoms with Crippen molar-refractivity contribution in [2.75, 3.05) is 19.7 Å². The number of fused-ring (bicyclic) bond motifs is 1. The molecule has 4 rings (SSSR count). The zero-order chi connectivity index (χ0) is 20.3. The molecule has 156 valence electrons. The van der Waals surface area contributed by atoms with E-state index in [1.807, 2.05) is 29.8 Å². The number of hydrogen-bond acceptors (Lipinski definition) is 6. The molecule has 0 aromatic carbocycles. The number of piperidine rings is 1. The molecule has 0 bridgehead atoms. The Balaban J connectivity index is 1.45. The molecule has 1 N–H and O–H groups in total. The summed E-state index contributed by atoms with van der Waals surface area (Å²) in [6.07, 6.45) is 4.76. The first kappa shape index (κ1) is 20.0.